The standard InChI is InChI=1S/C24H35N3O/c1-16(28)27-23(4)12-13-24(27,5)15-18(14-23)20-7-6-19(25)21(26-20)17-8-10-22(2,3)11-9-17/h6-7,14,17H,8-13,15,25H2,1-5H3/i8D,12D,13D,17D. The van der Waals surface area contributed by atoms with Crippen LogP contribution in [0.5, 0.6) is 0 Å². The number of nitrogens with zero attached hydrogens (tertiary/aromatic N) is 2. The van der Waals surface area contributed by atoms with Crippen molar-refractivity contribution in [1.82, 2.24) is 9.88 Å². The zero-order valence-corrected chi connectivity index (χ0v) is 17.7. The van der Waals surface area contributed by atoms with E-state index in [0.717, 1.165) is 12.0 Å². The molecule has 1 saturated heterocycles. The normalized spacial score (nSPS) is 46.8. The number of anilines is 1. The van der Waals surface area contributed by atoms with Gasteiger partial charge in [0.1, 0.15) is 0 Å². The van der Waals surface area contributed by atoms with E-state index in [-0.39, 0.29) is 11.3 Å². The van der Waals surface area contributed by atoms with Crippen LogP contribution >= 0.6 is 0 Å². The van der Waals surface area contributed by atoms with Crippen LogP contribution in [0.1, 0.15) is 102 Å². The van der Waals surface area contributed by atoms with Crippen LogP contribution < -0.4 is 5.73 Å². The Morgan fingerprint density at radius 2 is 2.04 bits per heavy atom. The molecule has 2 aliphatic heterocycles. The van der Waals surface area contributed by atoms with Crippen molar-refractivity contribution >= 4 is 17.2 Å². The molecule has 6 unspecified atom stereocenters. The van der Waals surface area contributed by atoms with E-state index in [9.17, 15) is 4.79 Å². The molecule has 1 aromatic heterocycles. The van der Waals surface area contributed by atoms with Crippen molar-refractivity contribution < 1.29 is 10.3 Å². The van der Waals surface area contributed by atoms with Crippen LogP contribution in [0, 0.1) is 5.41 Å². The molecule has 1 amide bonds. The zero-order chi connectivity index (χ0) is 23.9. The average molecular weight is 386 g/mol. The first-order chi connectivity index (χ1) is 14.7. The van der Waals surface area contributed by atoms with Gasteiger partial charge in [0, 0.05) is 23.8 Å². The first kappa shape index (κ1) is 15.1. The molecule has 1 aromatic rings. The summed E-state index contributed by atoms with van der Waals surface area (Å²) in [5.74, 6) is -1.30. The molecule has 0 radical (unpaired) electrons. The van der Waals surface area contributed by atoms with Gasteiger partial charge in [0.25, 0.3) is 0 Å². The minimum atomic E-state index is -1.17. The lowest BCUT2D eigenvalue weighted by Gasteiger charge is -2.46. The lowest BCUT2D eigenvalue weighted by atomic mass is 9.72. The molecule has 0 aromatic carbocycles. The Morgan fingerprint density at radius 3 is 2.68 bits per heavy atom. The van der Waals surface area contributed by atoms with Gasteiger partial charge in [-0.15, -0.1) is 0 Å². The van der Waals surface area contributed by atoms with Gasteiger partial charge in [-0.1, -0.05) is 19.9 Å². The first-order valence-corrected chi connectivity index (χ1v) is 10.2. The van der Waals surface area contributed by atoms with Gasteiger partial charge in [-0.3, -0.25) is 9.78 Å². The Bertz CT molecular complexity index is 997. The van der Waals surface area contributed by atoms with Gasteiger partial charge in [-0.2, -0.15) is 0 Å². The Kier molecular flexibility index (Phi) is 3.41. The van der Waals surface area contributed by atoms with Gasteiger partial charge in [-0.05, 0) is 81.8 Å². The number of pyridine rings is 1. The third kappa shape index (κ3) is 3.15. The van der Waals surface area contributed by atoms with Crippen LogP contribution in [0.3, 0.4) is 0 Å². The number of amides is 1. The van der Waals surface area contributed by atoms with E-state index in [1.165, 1.54) is 6.92 Å². The van der Waals surface area contributed by atoms with E-state index >= 15 is 0 Å². The smallest absolute Gasteiger partial charge is 0.220 e. The number of rotatable bonds is 2. The maximum atomic E-state index is 12.5. The zero-order valence-electron chi connectivity index (χ0n) is 21.7. The van der Waals surface area contributed by atoms with Crippen LogP contribution in [0.2, 0.25) is 0 Å². The lowest BCUT2D eigenvalue weighted by Crippen LogP contribution is -2.55. The van der Waals surface area contributed by atoms with Gasteiger partial charge in [0.15, 0.2) is 0 Å². The highest BCUT2D eigenvalue weighted by Gasteiger charge is 2.53. The van der Waals surface area contributed by atoms with Gasteiger partial charge in [-0.25, -0.2) is 0 Å². The summed E-state index contributed by atoms with van der Waals surface area (Å²) >= 11 is 0. The highest BCUT2D eigenvalue weighted by molar-refractivity contribution is 5.80. The molecule has 4 rings (SSSR count). The Hall–Kier alpha value is -1.84. The van der Waals surface area contributed by atoms with Crippen molar-refractivity contribution in [3.63, 3.8) is 0 Å². The van der Waals surface area contributed by atoms with Gasteiger partial charge >= 0.3 is 0 Å². The molecular weight excluding hydrogens is 346 g/mol. The second kappa shape index (κ2) is 6.33. The van der Waals surface area contributed by atoms with Crippen molar-refractivity contribution in [1.29, 1.82) is 0 Å². The van der Waals surface area contributed by atoms with Crippen LogP contribution in [-0.4, -0.2) is 26.9 Å². The highest BCUT2D eigenvalue weighted by Crippen LogP contribution is 2.51. The van der Waals surface area contributed by atoms with Gasteiger partial charge in [0.05, 0.1) is 22.6 Å². The summed E-state index contributed by atoms with van der Waals surface area (Å²) < 4.78 is 35.2. The Morgan fingerprint density at radius 1 is 1.29 bits per heavy atom. The van der Waals surface area contributed by atoms with Crippen molar-refractivity contribution in [3.05, 3.63) is 29.6 Å². The van der Waals surface area contributed by atoms with Crippen LogP contribution in [0.25, 0.3) is 5.57 Å². The molecule has 4 nitrogen and oxygen atoms in total. The molecule has 2 N–H and O–H groups in total. The minimum Gasteiger partial charge on any atom is -0.397 e. The molecule has 1 saturated carbocycles. The largest absolute Gasteiger partial charge is 0.397 e. The molecule has 4 heteroatoms. The lowest BCUT2D eigenvalue weighted by molar-refractivity contribution is -0.137. The molecule has 152 valence electrons. The van der Waals surface area contributed by atoms with Crippen LogP contribution in [0.15, 0.2) is 18.2 Å². The third-order valence-electron chi connectivity index (χ3n) is 6.63. The van der Waals surface area contributed by atoms with Gasteiger partial charge < -0.3 is 10.6 Å². The maximum absolute atomic E-state index is 12.5. The van der Waals surface area contributed by atoms with E-state index in [1.807, 2.05) is 26.0 Å². The SMILES string of the molecule is [2H]C1CC(C)(C)CCC1([2H])c1nc(C2=CC3(C)C([2H])C([2H])C(C)(C2)N3C(C)=O)ccc1N. The highest BCUT2D eigenvalue weighted by atomic mass is 16.2. The van der Waals surface area contributed by atoms with Crippen LogP contribution in [-0.2, 0) is 4.79 Å². The summed E-state index contributed by atoms with van der Waals surface area (Å²) in [6, 6.07) is 3.59. The number of hydrogen-bond donors (Lipinski definition) is 1. The number of nitrogen functional groups attached to an aromatic ring is 1. The van der Waals surface area contributed by atoms with Crippen molar-refractivity contribution in [2.75, 3.05) is 5.73 Å². The summed E-state index contributed by atoms with van der Waals surface area (Å²) in [6.07, 6.45) is 2.21. The molecule has 3 heterocycles. The molecule has 2 fully saturated rings. The fraction of sp³-hybridized carbons (Fsp3) is 0.667. The summed E-state index contributed by atoms with van der Waals surface area (Å²) in [6.45, 7) is 9.52. The van der Waals surface area contributed by atoms with Crippen LogP contribution in [0.4, 0.5) is 5.69 Å². The van der Waals surface area contributed by atoms with E-state index in [2.05, 4.69) is 13.8 Å². The first-order valence-electron chi connectivity index (χ1n) is 12.5. The van der Waals surface area contributed by atoms with E-state index in [0.29, 0.717) is 36.3 Å². The summed E-state index contributed by atoms with van der Waals surface area (Å²) in [7, 11) is 0. The predicted octanol–water partition coefficient (Wildman–Crippen LogP) is 5.29. The van der Waals surface area contributed by atoms with Crippen molar-refractivity contribution in [3.8, 4) is 0 Å². The number of carbonyl (C=O) groups is 1. The fourth-order valence-corrected chi connectivity index (χ4v) is 5.15. The number of carbonyl (C=O) groups excluding carboxylic acids is 1. The average Bonchev–Trinajstić information content (AvgIpc) is 2.77. The van der Waals surface area contributed by atoms with E-state index < -0.39 is 36.2 Å². The molecule has 28 heavy (non-hydrogen) atoms. The number of aromatic nitrogens is 1. The predicted molar refractivity (Wildman–Crippen MR) is 115 cm³/mol. The second-order valence-electron chi connectivity index (χ2n) is 9.85. The number of nitrogens with two attached hydrogens (primary N) is 1. The monoisotopic (exact) mass is 385 g/mol. The minimum absolute atomic E-state index is 0.0278. The maximum Gasteiger partial charge on any atom is 0.220 e. The topological polar surface area (TPSA) is 59.2 Å². The van der Waals surface area contributed by atoms with Crippen molar-refractivity contribution in [2.45, 2.75) is 96.5 Å². The quantitative estimate of drug-likeness (QED) is 0.752. The second-order valence-corrected chi connectivity index (χ2v) is 9.85. The molecule has 0 spiro atoms. The third-order valence-corrected chi connectivity index (χ3v) is 6.63. The molecule has 3 aliphatic rings. The fourth-order valence-electron chi connectivity index (χ4n) is 5.15. The number of fused-ring (bicyclic) bond motifs is 2. The summed E-state index contributed by atoms with van der Waals surface area (Å²) in [4.78, 5) is 19.0. The summed E-state index contributed by atoms with van der Waals surface area (Å²) in [5, 5.41) is 0. The summed E-state index contributed by atoms with van der Waals surface area (Å²) in [5.41, 5.74) is 7.05. The Balaban J connectivity index is 1.79. The van der Waals surface area contributed by atoms with E-state index in [4.69, 9.17) is 16.2 Å². The molecule has 6 atom stereocenters. The van der Waals surface area contributed by atoms with E-state index in [1.54, 1.807) is 11.0 Å². The molecule has 2 bridgehead atoms. The number of hydrogen-bond acceptors (Lipinski definition) is 3. The molecule has 1 aliphatic carbocycles. The van der Waals surface area contributed by atoms with Crippen molar-refractivity contribution in [2.24, 2.45) is 5.41 Å². The van der Waals surface area contributed by atoms with Gasteiger partial charge in [0.2, 0.25) is 5.91 Å². The Labute approximate surface area is 175 Å². The molecular formula is C24H35N3O.